The molecule has 2 fully saturated rings. The van der Waals surface area contributed by atoms with Crippen LogP contribution in [0.4, 0.5) is 5.69 Å². The van der Waals surface area contributed by atoms with E-state index in [9.17, 15) is 14.4 Å². The van der Waals surface area contributed by atoms with Crippen molar-refractivity contribution < 1.29 is 23.5 Å². The molecule has 1 unspecified atom stereocenters. The van der Waals surface area contributed by atoms with Crippen LogP contribution in [0, 0.1) is 5.92 Å². The third-order valence-electron chi connectivity index (χ3n) is 6.51. The molecule has 3 heterocycles. The van der Waals surface area contributed by atoms with Gasteiger partial charge in [0, 0.05) is 56.5 Å². The smallest absolute Gasteiger partial charge is 0.239 e. The Balaban J connectivity index is 1.40. The predicted molar refractivity (Wildman–Crippen MR) is 120 cm³/mol. The Morgan fingerprint density at radius 3 is 2.41 bits per heavy atom. The Hall–Kier alpha value is -3.55. The van der Waals surface area contributed by atoms with Crippen LogP contribution in [0.15, 0.2) is 40.8 Å². The van der Waals surface area contributed by atoms with E-state index in [1.54, 1.807) is 21.8 Å². The molecule has 3 aromatic rings. The number of rotatable bonds is 3. The van der Waals surface area contributed by atoms with Crippen LogP contribution < -0.4 is 9.64 Å². The molecule has 0 N–H and O–H groups in total. The zero-order valence-electron chi connectivity index (χ0n) is 18.2. The lowest BCUT2D eigenvalue weighted by atomic mass is 10.1. The second-order valence-corrected chi connectivity index (χ2v) is 8.28. The summed E-state index contributed by atoms with van der Waals surface area (Å²) >= 11 is 0. The zero-order chi connectivity index (χ0) is 22.4. The van der Waals surface area contributed by atoms with Crippen molar-refractivity contribution in [1.29, 1.82) is 0 Å². The fourth-order valence-corrected chi connectivity index (χ4v) is 4.73. The summed E-state index contributed by atoms with van der Waals surface area (Å²) < 4.78 is 11.6. The molecular formula is C24H25N3O5. The first-order valence-corrected chi connectivity index (χ1v) is 10.8. The first-order valence-electron chi connectivity index (χ1n) is 10.8. The predicted octanol–water partition coefficient (Wildman–Crippen LogP) is 2.64. The first kappa shape index (κ1) is 20.4. The number of methoxy groups -OCH3 is 1. The molecule has 0 bridgehead atoms. The van der Waals surface area contributed by atoms with Gasteiger partial charge in [0.05, 0.1) is 12.8 Å². The van der Waals surface area contributed by atoms with Crippen LogP contribution in [0.25, 0.3) is 21.9 Å². The number of carbonyl (C=O) groups excluding carboxylic acids is 3. The molecule has 32 heavy (non-hydrogen) atoms. The molecule has 2 aliphatic rings. The summed E-state index contributed by atoms with van der Waals surface area (Å²) in [6.07, 6.45) is 0.450. The number of anilines is 1. The molecule has 1 atom stereocenters. The fourth-order valence-electron chi connectivity index (χ4n) is 4.73. The average molecular weight is 435 g/mol. The Labute approximate surface area is 185 Å². The number of furan rings is 1. The molecule has 3 amide bonds. The monoisotopic (exact) mass is 435 g/mol. The van der Waals surface area contributed by atoms with Crippen molar-refractivity contribution in [2.24, 2.45) is 5.92 Å². The molecule has 0 radical (unpaired) electrons. The normalized spacial score (nSPS) is 19.2. The zero-order valence-corrected chi connectivity index (χ0v) is 18.2. The molecule has 5 rings (SSSR count). The topological polar surface area (TPSA) is 83.3 Å². The number of fused-ring (bicyclic) bond motifs is 3. The van der Waals surface area contributed by atoms with E-state index in [2.05, 4.69) is 0 Å². The van der Waals surface area contributed by atoms with Gasteiger partial charge in [-0.05, 0) is 18.6 Å². The highest BCUT2D eigenvalue weighted by atomic mass is 16.5. The fraction of sp³-hybridized carbons (Fsp3) is 0.375. The molecule has 166 valence electrons. The second kappa shape index (κ2) is 7.85. The van der Waals surface area contributed by atoms with Crippen LogP contribution in [0.1, 0.15) is 13.3 Å². The molecule has 0 saturated carbocycles. The van der Waals surface area contributed by atoms with Crippen molar-refractivity contribution in [3.8, 4) is 5.75 Å². The summed E-state index contributed by atoms with van der Waals surface area (Å²) in [6.45, 7) is 3.88. The van der Waals surface area contributed by atoms with E-state index in [0.29, 0.717) is 56.2 Å². The minimum atomic E-state index is -0.713. The largest absolute Gasteiger partial charge is 0.495 e. The van der Waals surface area contributed by atoms with Crippen LogP contribution in [-0.2, 0) is 14.4 Å². The molecule has 1 aromatic heterocycles. The lowest BCUT2D eigenvalue weighted by Crippen LogP contribution is -2.52. The highest BCUT2D eigenvalue weighted by Crippen LogP contribution is 2.40. The van der Waals surface area contributed by atoms with Gasteiger partial charge < -0.3 is 23.9 Å². The summed E-state index contributed by atoms with van der Waals surface area (Å²) in [5, 5.41) is 1.90. The van der Waals surface area contributed by atoms with E-state index in [1.807, 2.05) is 36.4 Å². The van der Waals surface area contributed by atoms with Gasteiger partial charge in [-0.25, -0.2) is 0 Å². The van der Waals surface area contributed by atoms with E-state index in [1.165, 1.54) is 6.92 Å². The van der Waals surface area contributed by atoms with E-state index < -0.39 is 5.92 Å². The molecule has 0 spiro atoms. The number of carbonyl (C=O) groups is 3. The number of para-hydroxylation sites is 1. The number of amides is 3. The highest BCUT2D eigenvalue weighted by Gasteiger charge is 2.41. The molecule has 2 aliphatic heterocycles. The lowest BCUT2D eigenvalue weighted by Gasteiger charge is -2.35. The average Bonchev–Trinajstić information content (AvgIpc) is 3.37. The van der Waals surface area contributed by atoms with Crippen LogP contribution >= 0.6 is 0 Å². The molecule has 0 aliphatic carbocycles. The van der Waals surface area contributed by atoms with Gasteiger partial charge in [0.15, 0.2) is 0 Å². The van der Waals surface area contributed by atoms with Gasteiger partial charge in [0.2, 0.25) is 17.7 Å². The van der Waals surface area contributed by atoms with Crippen molar-refractivity contribution in [3.63, 3.8) is 0 Å². The van der Waals surface area contributed by atoms with Gasteiger partial charge >= 0.3 is 0 Å². The maximum atomic E-state index is 13.3. The van der Waals surface area contributed by atoms with Crippen molar-refractivity contribution in [1.82, 2.24) is 9.80 Å². The van der Waals surface area contributed by atoms with Crippen LogP contribution in [0.2, 0.25) is 0 Å². The Kier molecular flexibility index (Phi) is 5.00. The summed E-state index contributed by atoms with van der Waals surface area (Å²) in [5.74, 6) is -0.522. The van der Waals surface area contributed by atoms with Crippen molar-refractivity contribution in [2.45, 2.75) is 13.3 Å². The Morgan fingerprint density at radius 2 is 1.69 bits per heavy atom. The minimum absolute atomic E-state index is 0.00768. The quantitative estimate of drug-likeness (QED) is 0.591. The molecule has 2 saturated heterocycles. The summed E-state index contributed by atoms with van der Waals surface area (Å²) in [4.78, 5) is 42.9. The van der Waals surface area contributed by atoms with Gasteiger partial charge in [0.1, 0.15) is 22.8 Å². The maximum absolute atomic E-state index is 13.3. The second-order valence-electron chi connectivity index (χ2n) is 8.28. The number of nitrogens with zero attached hydrogens (tertiary/aromatic N) is 3. The number of hydrogen-bond donors (Lipinski definition) is 0. The lowest BCUT2D eigenvalue weighted by molar-refractivity contribution is -0.144. The van der Waals surface area contributed by atoms with Gasteiger partial charge in [-0.1, -0.05) is 18.2 Å². The Morgan fingerprint density at radius 1 is 0.969 bits per heavy atom. The van der Waals surface area contributed by atoms with Crippen LogP contribution in [0.5, 0.6) is 5.75 Å². The molecule has 8 heteroatoms. The number of ether oxygens (including phenoxy) is 1. The van der Waals surface area contributed by atoms with Gasteiger partial charge in [-0.2, -0.15) is 0 Å². The van der Waals surface area contributed by atoms with E-state index in [4.69, 9.17) is 9.15 Å². The maximum Gasteiger partial charge on any atom is 0.239 e. The summed E-state index contributed by atoms with van der Waals surface area (Å²) in [5.41, 5.74) is 2.05. The van der Waals surface area contributed by atoms with Gasteiger partial charge in [-0.15, -0.1) is 0 Å². The van der Waals surface area contributed by atoms with Crippen LogP contribution in [-0.4, -0.2) is 67.4 Å². The van der Waals surface area contributed by atoms with Crippen molar-refractivity contribution in [3.05, 3.63) is 36.4 Å². The highest BCUT2D eigenvalue weighted by molar-refractivity contribution is 6.12. The van der Waals surface area contributed by atoms with E-state index in [-0.39, 0.29) is 17.7 Å². The summed E-state index contributed by atoms with van der Waals surface area (Å²) in [7, 11) is 1.57. The first-order chi connectivity index (χ1) is 15.5. The van der Waals surface area contributed by atoms with Gasteiger partial charge in [-0.3, -0.25) is 14.4 Å². The third kappa shape index (κ3) is 3.26. The molecule has 8 nitrogen and oxygen atoms in total. The van der Waals surface area contributed by atoms with Crippen LogP contribution in [0.3, 0.4) is 0 Å². The number of piperazine rings is 1. The SMILES string of the molecule is COc1cc2c(cc1N1CCC(C(=O)N3CCN(C(C)=O)CC3)C1=O)oc1ccccc12. The molecule has 2 aromatic carbocycles. The Bertz CT molecular complexity index is 1230. The standard InChI is InChI=1S/C24H25N3O5/c1-15(28)25-9-11-26(12-10-25)23(29)17-7-8-27(24(17)30)19-14-21-18(13-22(19)31-2)16-5-3-4-6-20(16)32-21/h3-6,13-14,17H,7-12H2,1-2H3. The third-order valence-corrected chi connectivity index (χ3v) is 6.51. The number of benzene rings is 2. The van der Waals surface area contributed by atoms with E-state index in [0.717, 1.165) is 16.4 Å². The van der Waals surface area contributed by atoms with Gasteiger partial charge in [0.25, 0.3) is 0 Å². The van der Waals surface area contributed by atoms with Crippen molar-refractivity contribution >= 4 is 45.3 Å². The number of hydrogen-bond acceptors (Lipinski definition) is 5. The minimum Gasteiger partial charge on any atom is -0.495 e. The summed E-state index contributed by atoms with van der Waals surface area (Å²) in [6, 6.07) is 11.5. The van der Waals surface area contributed by atoms with E-state index >= 15 is 0 Å². The van der Waals surface area contributed by atoms with Crippen molar-refractivity contribution in [2.75, 3.05) is 44.7 Å². The molecular weight excluding hydrogens is 410 g/mol.